The van der Waals surface area contributed by atoms with E-state index in [1.165, 1.54) is 0 Å². The molecule has 0 aromatic carbocycles. The van der Waals surface area contributed by atoms with Crippen molar-refractivity contribution in [1.29, 1.82) is 0 Å². The van der Waals surface area contributed by atoms with E-state index in [0.717, 1.165) is 45.3 Å². The molecule has 0 aliphatic carbocycles. The van der Waals surface area contributed by atoms with E-state index in [2.05, 4.69) is 10.4 Å². The first kappa shape index (κ1) is 15.7. The summed E-state index contributed by atoms with van der Waals surface area (Å²) < 4.78 is 6.82. The predicted molar refractivity (Wildman–Crippen MR) is 74.8 cm³/mol. The number of carbonyl (C=O) groups is 1. The number of carbonyl (C=O) groups excluding carboxylic acids is 1. The van der Waals surface area contributed by atoms with Crippen LogP contribution < -0.4 is 5.32 Å². The lowest BCUT2D eigenvalue weighted by Gasteiger charge is -2.05. The minimum Gasteiger partial charge on any atom is -0.466 e. The number of nitrogens with zero attached hydrogens (tertiary/aromatic N) is 2. The number of hydrogen-bond donors (Lipinski definition) is 1. The Balaban J connectivity index is 1.80. The largest absolute Gasteiger partial charge is 0.466 e. The third-order valence-corrected chi connectivity index (χ3v) is 2.84. The molecular weight excluding hydrogens is 242 g/mol. The number of esters is 1. The molecule has 0 fully saturated rings. The van der Waals surface area contributed by atoms with Gasteiger partial charge in [0.1, 0.15) is 0 Å². The Morgan fingerprint density at radius 2 is 2.11 bits per heavy atom. The van der Waals surface area contributed by atoms with Crippen molar-refractivity contribution in [3.8, 4) is 0 Å². The smallest absolute Gasteiger partial charge is 0.305 e. The van der Waals surface area contributed by atoms with Crippen LogP contribution in [0.5, 0.6) is 0 Å². The molecule has 0 saturated heterocycles. The molecule has 0 saturated carbocycles. The molecule has 1 heterocycles. The van der Waals surface area contributed by atoms with Crippen LogP contribution in [0.4, 0.5) is 0 Å². The molecule has 0 atom stereocenters. The van der Waals surface area contributed by atoms with Crippen molar-refractivity contribution >= 4 is 5.97 Å². The number of rotatable bonds is 11. The summed E-state index contributed by atoms with van der Waals surface area (Å²) in [7, 11) is 0. The highest BCUT2D eigenvalue weighted by Gasteiger charge is 2.00. The van der Waals surface area contributed by atoms with Crippen LogP contribution in [-0.4, -0.2) is 35.4 Å². The Hall–Kier alpha value is -1.36. The Bertz CT molecular complexity index is 325. The van der Waals surface area contributed by atoms with Gasteiger partial charge in [0.2, 0.25) is 0 Å². The van der Waals surface area contributed by atoms with Crippen molar-refractivity contribution in [2.75, 3.05) is 19.7 Å². The van der Waals surface area contributed by atoms with Gasteiger partial charge in [-0.1, -0.05) is 6.42 Å². The highest BCUT2D eigenvalue weighted by atomic mass is 16.5. The van der Waals surface area contributed by atoms with Gasteiger partial charge in [-0.3, -0.25) is 9.48 Å². The van der Waals surface area contributed by atoms with Crippen molar-refractivity contribution in [3.63, 3.8) is 0 Å². The minimum absolute atomic E-state index is 0.0744. The van der Waals surface area contributed by atoms with Crippen LogP contribution >= 0.6 is 0 Å². The highest BCUT2D eigenvalue weighted by Crippen LogP contribution is 2.00. The van der Waals surface area contributed by atoms with Gasteiger partial charge in [0, 0.05) is 25.4 Å². The van der Waals surface area contributed by atoms with Gasteiger partial charge in [-0.2, -0.15) is 5.10 Å². The van der Waals surface area contributed by atoms with Crippen LogP contribution in [0.2, 0.25) is 0 Å². The molecule has 5 heteroatoms. The van der Waals surface area contributed by atoms with Crippen molar-refractivity contribution in [2.45, 2.75) is 45.6 Å². The van der Waals surface area contributed by atoms with Crippen LogP contribution in [0.25, 0.3) is 0 Å². The molecule has 0 amide bonds. The SMILES string of the molecule is CCOC(=O)CCCCCNCCCn1cccn1. The van der Waals surface area contributed by atoms with E-state index in [4.69, 9.17) is 4.74 Å². The van der Waals surface area contributed by atoms with Gasteiger partial charge < -0.3 is 10.1 Å². The van der Waals surface area contributed by atoms with Gasteiger partial charge in [-0.25, -0.2) is 0 Å². The molecule has 0 unspecified atom stereocenters. The number of hydrogen-bond acceptors (Lipinski definition) is 4. The third-order valence-electron chi connectivity index (χ3n) is 2.84. The van der Waals surface area contributed by atoms with Gasteiger partial charge >= 0.3 is 5.97 Å². The van der Waals surface area contributed by atoms with E-state index in [1.54, 1.807) is 6.20 Å². The molecular formula is C14H25N3O2. The Kier molecular flexibility index (Phi) is 8.72. The van der Waals surface area contributed by atoms with Crippen molar-refractivity contribution in [2.24, 2.45) is 0 Å². The van der Waals surface area contributed by atoms with E-state index in [9.17, 15) is 4.79 Å². The zero-order chi connectivity index (χ0) is 13.8. The van der Waals surface area contributed by atoms with Gasteiger partial charge in [0.05, 0.1) is 6.61 Å². The molecule has 0 aliphatic heterocycles. The third kappa shape index (κ3) is 8.37. The lowest BCUT2D eigenvalue weighted by atomic mass is 10.2. The molecule has 1 rings (SSSR count). The Morgan fingerprint density at radius 3 is 2.84 bits per heavy atom. The zero-order valence-corrected chi connectivity index (χ0v) is 11.8. The van der Waals surface area contributed by atoms with Crippen LogP contribution in [-0.2, 0) is 16.1 Å². The highest BCUT2D eigenvalue weighted by molar-refractivity contribution is 5.69. The standard InChI is InChI=1S/C14H25N3O2/c1-2-19-14(18)8-4-3-5-9-15-10-6-12-17-13-7-11-16-17/h7,11,13,15H,2-6,8-10,12H2,1H3. The fourth-order valence-electron chi connectivity index (χ4n) is 1.85. The Morgan fingerprint density at radius 1 is 1.26 bits per heavy atom. The average molecular weight is 267 g/mol. The fraction of sp³-hybridized carbons (Fsp3) is 0.714. The molecule has 1 N–H and O–H groups in total. The van der Waals surface area contributed by atoms with Gasteiger partial charge in [-0.15, -0.1) is 0 Å². The van der Waals surface area contributed by atoms with Gasteiger partial charge in [0.25, 0.3) is 0 Å². The summed E-state index contributed by atoms with van der Waals surface area (Å²) in [6, 6.07) is 1.94. The summed E-state index contributed by atoms with van der Waals surface area (Å²) >= 11 is 0. The number of nitrogens with one attached hydrogen (secondary N) is 1. The predicted octanol–water partition coefficient (Wildman–Crippen LogP) is 1.99. The second-order valence-corrected chi connectivity index (χ2v) is 4.49. The first-order valence-corrected chi connectivity index (χ1v) is 7.16. The lowest BCUT2D eigenvalue weighted by Crippen LogP contribution is -2.18. The molecule has 19 heavy (non-hydrogen) atoms. The number of aryl methyl sites for hydroxylation is 1. The van der Waals surface area contributed by atoms with Crippen LogP contribution in [0, 0.1) is 0 Å². The first-order valence-electron chi connectivity index (χ1n) is 7.16. The molecule has 1 aromatic rings. The molecule has 5 nitrogen and oxygen atoms in total. The summed E-state index contributed by atoms with van der Waals surface area (Å²) in [4.78, 5) is 11.1. The minimum atomic E-state index is -0.0744. The van der Waals surface area contributed by atoms with E-state index >= 15 is 0 Å². The van der Waals surface area contributed by atoms with Crippen LogP contribution in [0.15, 0.2) is 18.5 Å². The van der Waals surface area contributed by atoms with Gasteiger partial charge in [-0.05, 0) is 45.3 Å². The van der Waals surface area contributed by atoms with Crippen molar-refractivity contribution in [1.82, 2.24) is 15.1 Å². The zero-order valence-electron chi connectivity index (χ0n) is 11.8. The van der Waals surface area contributed by atoms with E-state index < -0.39 is 0 Å². The van der Waals surface area contributed by atoms with Crippen LogP contribution in [0.1, 0.15) is 39.0 Å². The van der Waals surface area contributed by atoms with E-state index in [0.29, 0.717) is 13.0 Å². The molecule has 0 spiro atoms. The van der Waals surface area contributed by atoms with E-state index in [-0.39, 0.29) is 5.97 Å². The quantitative estimate of drug-likeness (QED) is 0.492. The molecule has 108 valence electrons. The summed E-state index contributed by atoms with van der Waals surface area (Å²) in [5.74, 6) is -0.0744. The summed E-state index contributed by atoms with van der Waals surface area (Å²) in [6.07, 6.45) is 8.53. The molecule has 0 bridgehead atoms. The second-order valence-electron chi connectivity index (χ2n) is 4.49. The van der Waals surface area contributed by atoms with Crippen molar-refractivity contribution in [3.05, 3.63) is 18.5 Å². The first-order chi connectivity index (χ1) is 9.33. The normalized spacial score (nSPS) is 10.6. The summed E-state index contributed by atoms with van der Waals surface area (Å²) in [5, 5.41) is 7.56. The monoisotopic (exact) mass is 267 g/mol. The summed E-state index contributed by atoms with van der Waals surface area (Å²) in [5.41, 5.74) is 0. The maximum atomic E-state index is 11.1. The Labute approximate surface area is 115 Å². The van der Waals surface area contributed by atoms with Crippen molar-refractivity contribution < 1.29 is 9.53 Å². The maximum Gasteiger partial charge on any atom is 0.305 e. The molecule has 0 radical (unpaired) electrons. The summed E-state index contributed by atoms with van der Waals surface area (Å²) in [6.45, 7) is 5.31. The van der Waals surface area contributed by atoms with Crippen LogP contribution in [0.3, 0.4) is 0 Å². The molecule has 1 aromatic heterocycles. The topological polar surface area (TPSA) is 56.1 Å². The second kappa shape index (κ2) is 10.6. The maximum absolute atomic E-state index is 11.1. The molecule has 0 aliphatic rings. The lowest BCUT2D eigenvalue weighted by molar-refractivity contribution is -0.143. The van der Waals surface area contributed by atoms with Gasteiger partial charge in [0.15, 0.2) is 0 Å². The fourth-order valence-corrected chi connectivity index (χ4v) is 1.85. The van der Waals surface area contributed by atoms with E-state index in [1.807, 2.05) is 23.9 Å². The number of ether oxygens (including phenoxy) is 1. The average Bonchev–Trinajstić information content (AvgIpc) is 2.90. The number of unbranched alkanes of at least 4 members (excludes halogenated alkanes) is 2. The number of aromatic nitrogens is 2.